The third-order valence-corrected chi connectivity index (χ3v) is 2.19. The lowest BCUT2D eigenvalue weighted by atomic mass is 9.98. The van der Waals surface area contributed by atoms with Crippen molar-refractivity contribution in [2.75, 3.05) is 0 Å². The van der Waals surface area contributed by atoms with E-state index in [1.54, 1.807) is 0 Å². The van der Waals surface area contributed by atoms with Crippen LogP contribution in [-0.2, 0) is 10.5 Å². The summed E-state index contributed by atoms with van der Waals surface area (Å²) in [7, 11) is 0. The SMILES string of the molecule is CC(F)(C(=O)O)c1ccc(O)c(Cl)c1. The van der Waals surface area contributed by atoms with E-state index in [1.807, 2.05) is 0 Å². The quantitative estimate of drug-likeness (QED) is 0.801. The summed E-state index contributed by atoms with van der Waals surface area (Å²) in [5, 5.41) is 17.5. The van der Waals surface area contributed by atoms with Crippen LogP contribution in [0.1, 0.15) is 12.5 Å². The molecule has 0 aliphatic heterocycles. The third-order valence-electron chi connectivity index (χ3n) is 1.89. The molecule has 0 fully saturated rings. The van der Waals surface area contributed by atoms with Gasteiger partial charge in [0.05, 0.1) is 5.02 Å². The molecular weight excluding hydrogens is 211 g/mol. The molecule has 0 radical (unpaired) electrons. The van der Waals surface area contributed by atoms with E-state index in [4.69, 9.17) is 21.8 Å². The number of halogens is 2. The van der Waals surface area contributed by atoms with Crippen molar-refractivity contribution >= 4 is 17.6 Å². The van der Waals surface area contributed by atoms with Crippen LogP contribution in [0.15, 0.2) is 18.2 Å². The summed E-state index contributed by atoms with van der Waals surface area (Å²) in [5.74, 6) is -1.81. The highest BCUT2D eigenvalue weighted by molar-refractivity contribution is 6.32. The van der Waals surface area contributed by atoms with Gasteiger partial charge in [0.15, 0.2) is 0 Å². The van der Waals surface area contributed by atoms with Gasteiger partial charge in [-0.2, -0.15) is 0 Å². The Bertz CT molecular complexity index is 376. The molecule has 0 spiro atoms. The molecule has 1 rings (SSSR count). The topological polar surface area (TPSA) is 57.5 Å². The smallest absolute Gasteiger partial charge is 0.345 e. The maximum atomic E-state index is 13.5. The first-order valence-electron chi connectivity index (χ1n) is 3.77. The number of aliphatic carboxylic acids is 1. The lowest BCUT2D eigenvalue weighted by Crippen LogP contribution is -2.26. The Labute approximate surface area is 84.7 Å². The average Bonchev–Trinajstić information content (AvgIpc) is 2.09. The van der Waals surface area contributed by atoms with E-state index in [9.17, 15) is 9.18 Å². The summed E-state index contributed by atoms with van der Waals surface area (Å²) in [4.78, 5) is 10.5. The van der Waals surface area contributed by atoms with Crippen LogP contribution in [0, 0.1) is 0 Å². The molecule has 0 saturated carbocycles. The van der Waals surface area contributed by atoms with Gasteiger partial charge in [0.2, 0.25) is 5.67 Å². The van der Waals surface area contributed by atoms with Gasteiger partial charge in [-0.1, -0.05) is 17.7 Å². The Morgan fingerprint density at radius 2 is 2.14 bits per heavy atom. The van der Waals surface area contributed by atoms with E-state index in [0.717, 1.165) is 19.1 Å². The molecule has 2 N–H and O–H groups in total. The number of phenolic OH excluding ortho intramolecular Hbond substituents is 1. The second-order valence-corrected chi connectivity index (χ2v) is 3.38. The summed E-state index contributed by atoms with van der Waals surface area (Å²) in [6.07, 6.45) is 0. The molecule has 14 heavy (non-hydrogen) atoms. The molecule has 0 heterocycles. The number of hydrogen-bond donors (Lipinski definition) is 2. The number of carbonyl (C=O) groups is 1. The summed E-state index contributed by atoms with van der Waals surface area (Å²) >= 11 is 5.51. The fourth-order valence-corrected chi connectivity index (χ4v) is 1.10. The summed E-state index contributed by atoms with van der Waals surface area (Å²) in [6, 6.07) is 3.42. The predicted octanol–water partition coefficient (Wildman–Crippen LogP) is 2.31. The zero-order valence-corrected chi connectivity index (χ0v) is 8.05. The molecule has 0 bridgehead atoms. The minimum atomic E-state index is -2.50. The molecule has 0 aliphatic carbocycles. The van der Waals surface area contributed by atoms with Crippen LogP contribution in [0.3, 0.4) is 0 Å². The van der Waals surface area contributed by atoms with Gasteiger partial charge in [0.1, 0.15) is 5.75 Å². The van der Waals surface area contributed by atoms with Crippen molar-refractivity contribution in [1.29, 1.82) is 0 Å². The van der Waals surface area contributed by atoms with Gasteiger partial charge in [-0.05, 0) is 19.1 Å². The standard InChI is InChI=1S/C9H8ClFO3/c1-9(11,8(13)14)5-2-3-7(12)6(10)4-5/h2-4,12H,1H3,(H,13,14). The summed E-state index contributed by atoms with van der Waals surface area (Å²) < 4.78 is 13.5. The van der Waals surface area contributed by atoms with Gasteiger partial charge >= 0.3 is 5.97 Å². The van der Waals surface area contributed by atoms with Crippen molar-refractivity contribution < 1.29 is 19.4 Å². The molecule has 76 valence electrons. The monoisotopic (exact) mass is 218 g/mol. The molecule has 3 nitrogen and oxygen atoms in total. The maximum absolute atomic E-state index is 13.5. The lowest BCUT2D eigenvalue weighted by Gasteiger charge is -2.15. The van der Waals surface area contributed by atoms with Crippen LogP contribution in [0.5, 0.6) is 5.75 Å². The number of aromatic hydroxyl groups is 1. The van der Waals surface area contributed by atoms with Gasteiger partial charge in [-0.15, -0.1) is 0 Å². The molecule has 1 unspecified atom stereocenters. The van der Waals surface area contributed by atoms with Crippen LogP contribution in [-0.4, -0.2) is 16.2 Å². The molecule has 0 aliphatic rings. The van der Waals surface area contributed by atoms with Gasteiger partial charge in [0.25, 0.3) is 0 Å². The molecular formula is C9H8ClFO3. The molecule has 1 aromatic rings. The Morgan fingerprint density at radius 1 is 1.57 bits per heavy atom. The van der Waals surface area contributed by atoms with Gasteiger partial charge in [-0.25, -0.2) is 9.18 Å². The van der Waals surface area contributed by atoms with Crippen molar-refractivity contribution in [1.82, 2.24) is 0 Å². The van der Waals surface area contributed by atoms with E-state index in [1.165, 1.54) is 6.07 Å². The van der Waals surface area contributed by atoms with E-state index >= 15 is 0 Å². The van der Waals surface area contributed by atoms with E-state index < -0.39 is 11.6 Å². The summed E-state index contributed by atoms with van der Waals surface area (Å²) in [6.45, 7) is 0.915. The molecule has 0 aromatic heterocycles. The first-order valence-corrected chi connectivity index (χ1v) is 4.15. The van der Waals surface area contributed by atoms with Crippen LogP contribution >= 0.6 is 11.6 Å². The number of phenols is 1. The second-order valence-electron chi connectivity index (χ2n) is 2.97. The van der Waals surface area contributed by atoms with Crippen LogP contribution in [0.25, 0.3) is 0 Å². The van der Waals surface area contributed by atoms with Crippen molar-refractivity contribution in [2.45, 2.75) is 12.6 Å². The fourth-order valence-electron chi connectivity index (χ4n) is 0.922. The van der Waals surface area contributed by atoms with Gasteiger partial charge in [0, 0.05) is 5.56 Å². The minimum absolute atomic E-state index is 0.0763. The van der Waals surface area contributed by atoms with E-state index in [-0.39, 0.29) is 16.3 Å². The number of rotatable bonds is 2. The van der Waals surface area contributed by atoms with E-state index in [2.05, 4.69) is 0 Å². The van der Waals surface area contributed by atoms with Gasteiger partial charge < -0.3 is 10.2 Å². The zero-order chi connectivity index (χ0) is 10.9. The van der Waals surface area contributed by atoms with Crippen LogP contribution in [0.2, 0.25) is 5.02 Å². The van der Waals surface area contributed by atoms with Crippen LogP contribution in [0.4, 0.5) is 4.39 Å². The third kappa shape index (κ3) is 1.80. The normalized spacial score (nSPS) is 14.8. The number of benzene rings is 1. The van der Waals surface area contributed by atoms with Crippen molar-refractivity contribution in [3.05, 3.63) is 28.8 Å². The molecule has 1 aromatic carbocycles. The molecule has 0 saturated heterocycles. The predicted molar refractivity (Wildman–Crippen MR) is 49.2 cm³/mol. The maximum Gasteiger partial charge on any atom is 0.345 e. The number of carboxylic acid groups (broad SMARTS) is 1. The Balaban J connectivity index is 3.21. The first-order chi connectivity index (χ1) is 6.35. The highest BCUT2D eigenvalue weighted by atomic mass is 35.5. The van der Waals surface area contributed by atoms with Crippen molar-refractivity contribution in [3.63, 3.8) is 0 Å². The minimum Gasteiger partial charge on any atom is -0.506 e. The fraction of sp³-hybridized carbons (Fsp3) is 0.222. The molecule has 5 heteroatoms. The Kier molecular flexibility index (Phi) is 2.66. The second kappa shape index (κ2) is 3.46. The zero-order valence-electron chi connectivity index (χ0n) is 7.29. The number of hydrogen-bond acceptors (Lipinski definition) is 2. The number of carboxylic acids is 1. The Morgan fingerprint density at radius 3 is 2.57 bits per heavy atom. The Hall–Kier alpha value is -1.29. The highest BCUT2D eigenvalue weighted by Crippen LogP contribution is 2.31. The molecule has 1 atom stereocenters. The van der Waals surface area contributed by atoms with E-state index in [0.29, 0.717) is 0 Å². The highest BCUT2D eigenvalue weighted by Gasteiger charge is 2.35. The lowest BCUT2D eigenvalue weighted by molar-refractivity contribution is -0.150. The number of alkyl halides is 1. The largest absolute Gasteiger partial charge is 0.506 e. The first kappa shape index (κ1) is 10.8. The van der Waals surface area contributed by atoms with Crippen LogP contribution < -0.4 is 0 Å². The summed E-state index contributed by atoms with van der Waals surface area (Å²) in [5.41, 5.74) is -2.61. The average molecular weight is 219 g/mol. The van der Waals surface area contributed by atoms with Gasteiger partial charge in [-0.3, -0.25) is 0 Å². The molecule has 0 amide bonds. The van der Waals surface area contributed by atoms with Crippen molar-refractivity contribution in [2.24, 2.45) is 0 Å². The van der Waals surface area contributed by atoms with Crippen molar-refractivity contribution in [3.8, 4) is 5.75 Å².